The normalized spacial score (nSPS) is 14.6. The average Bonchev–Trinajstić information content (AvgIpc) is 3.21. The molecule has 7 nitrogen and oxygen atoms in total. The maximum atomic E-state index is 12.0. The van der Waals surface area contributed by atoms with Gasteiger partial charge in [-0.1, -0.05) is 6.92 Å². The highest BCUT2D eigenvalue weighted by Gasteiger charge is 2.21. The third kappa shape index (κ3) is 3.71. The van der Waals surface area contributed by atoms with E-state index in [1.54, 1.807) is 23.9 Å². The fraction of sp³-hybridized carbons (Fsp3) is 0.368. The highest BCUT2D eigenvalue weighted by Crippen LogP contribution is 2.27. The molecule has 0 aliphatic carbocycles. The van der Waals surface area contributed by atoms with E-state index in [4.69, 9.17) is 0 Å². The van der Waals surface area contributed by atoms with Crippen molar-refractivity contribution in [2.75, 3.05) is 42.5 Å². The Bertz CT molecular complexity index is 917. The number of carbonyl (C=O) groups excluding carboxylic acids is 1. The van der Waals surface area contributed by atoms with Crippen LogP contribution in [0.1, 0.15) is 23.7 Å². The fourth-order valence-electron chi connectivity index (χ4n) is 3.22. The van der Waals surface area contributed by atoms with Crippen LogP contribution in [0.2, 0.25) is 0 Å². The van der Waals surface area contributed by atoms with Crippen LogP contribution in [0, 0.1) is 0 Å². The van der Waals surface area contributed by atoms with Gasteiger partial charge in [0.15, 0.2) is 0 Å². The van der Waals surface area contributed by atoms with E-state index in [1.165, 1.54) is 0 Å². The number of aromatic nitrogens is 3. The van der Waals surface area contributed by atoms with Crippen LogP contribution < -0.4 is 15.1 Å². The minimum atomic E-state index is -0.0655. The van der Waals surface area contributed by atoms with Crippen LogP contribution in [0.5, 0.6) is 0 Å². The standard InChI is InChI=1S/C19H22N6OS/c1-2-6-20-18(26)14-3-4-16(21-12-14)24-7-9-25(10-8-24)17-15-5-11-27-19(15)23-13-22-17/h3-5,11-13H,2,6-10H2,1H3,(H,20,26). The molecule has 0 saturated carbocycles. The van der Waals surface area contributed by atoms with E-state index in [-0.39, 0.29) is 5.91 Å². The molecule has 1 fully saturated rings. The van der Waals surface area contributed by atoms with E-state index < -0.39 is 0 Å². The largest absolute Gasteiger partial charge is 0.353 e. The van der Waals surface area contributed by atoms with Gasteiger partial charge in [-0.25, -0.2) is 15.0 Å². The summed E-state index contributed by atoms with van der Waals surface area (Å²) in [6, 6.07) is 5.86. The molecule has 1 N–H and O–H groups in total. The summed E-state index contributed by atoms with van der Waals surface area (Å²) >= 11 is 1.64. The first-order valence-corrected chi connectivity index (χ1v) is 10.1. The molecule has 3 aromatic rings. The molecule has 1 aliphatic rings. The van der Waals surface area contributed by atoms with Gasteiger partial charge < -0.3 is 15.1 Å². The molecule has 3 aromatic heterocycles. The van der Waals surface area contributed by atoms with Crippen LogP contribution in [0.25, 0.3) is 10.2 Å². The molecule has 0 bridgehead atoms. The van der Waals surface area contributed by atoms with Crippen molar-refractivity contribution in [3.63, 3.8) is 0 Å². The lowest BCUT2D eigenvalue weighted by Crippen LogP contribution is -2.47. The fourth-order valence-corrected chi connectivity index (χ4v) is 3.95. The molecule has 8 heteroatoms. The van der Waals surface area contributed by atoms with Crippen LogP contribution in [-0.2, 0) is 0 Å². The Morgan fingerprint density at radius 1 is 1.11 bits per heavy atom. The Kier molecular flexibility index (Phi) is 5.15. The monoisotopic (exact) mass is 382 g/mol. The zero-order valence-corrected chi connectivity index (χ0v) is 16.1. The molecule has 0 unspecified atom stereocenters. The number of fused-ring (bicyclic) bond motifs is 1. The molecule has 1 amide bonds. The lowest BCUT2D eigenvalue weighted by atomic mass is 10.2. The van der Waals surface area contributed by atoms with Crippen LogP contribution in [0.3, 0.4) is 0 Å². The molecule has 27 heavy (non-hydrogen) atoms. The summed E-state index contributed by atoms with van der Waals surface area (Å²) in [5, 5.41) is 6.05. The predicted octanol–water partition coefficient (Wildman–Crippen LogP) is 2.55. The first-order valence-electron chi connectivity index (χ1n) is 9.18. The molecule has 0 aromatic carbocycles. The Morgan fingerprint density at radius 3 is 2.67 bits per heavy atom. The van der Waals surface area contributed by atoms with Crippen molar-refractivity contribution in [2.24, 2.45) is 0 Å². The van der Waals surface area contributed by atoms with Crippen molar-refractivity contribution in [1.29, 1.82) is 0 Å². The Balaban J connectivity index is 1.40. The van der Waals surface area contributed by atoms with Crippen molar-refractivity contribution in [3.05, 3.63) is 41.7 Å². The van der Waals surface area contributed by atoms with Gasteiger partial charge in [0.05, 0.1) is 10.9 Å². The number of thiophene rings is 1. The molecule has 1 aliphatic heterocycles. The Hall–Kier alpha value is -2.74. The first-order chi connectivity index (χ1) is 13.3. The van der Waals surface area contributed by atoms with E-state index in [2.05, 4.69) is 41.5 Å². The van der Waals surface area contributed by atoms with Gasteiger partial charge in [-0.15, -0.1) is 11.3 Å². The highest BCUT2D eigenvalue weighted by atomic mass is 32.1. The number of hydrogen-bond donors (Lipinski definition) is 1. The second-order valence-electron chi connectivity index (χ2n) is 6.47. The van der Waals surface area contributed by atoms with E-state index in [0.29, 0.717) is 12.1 Å². The zero-order chi connectivity index (χ0) is 18.6. The van der Waals surface area contributed by atoms with Crippen molar-refractivity contribution in [3.8, 4) is 0 Å². The van der Waals surface area contributed by atoms with Gasteiger partial charge in [0.1, 0.15) is 22.8 Å². The summed E-state index contributed by atoms with van der Waals surface area (Å²) in [5.74, 6) is 1.85. The van der Waals surface area contributed by atoms with Gasteiger partial charge in [0.25, 0.3) is 5.91 Å². The molecule has 0 radical (unpaired) electrons. The molecule has 4 rings (SSSR count). The number of amides is 1. The number of carbonyl (C=O) groups is 1. The maximum absolute atomic E-state index is 12.0. The van der Waals surface area contributed by atoms with Crippen LogP contribution in [-0.4, -0.2) is 53.6 Å². The van der Waals surface area contributed by atoms with Crippen LogP contribution in [0.15, 0.2) is 36.1 Å². The van der Waals surface area contributed by atoms with Crippen molar-refractivity contribution in [1.82, 2.24) is 20.3 Å². The minimum Gasteiger partial charge on any atom is -0.353 e. The SMILES string of the molecule is CCCNC(=O)c1ccc(N2CCN(c3ncnc4sccc34)CC2)nc1. The summed E-state index contributed by atoms with van der Waals surface area (Å²) in [6.45, 7) is 6.20. The van der Waals surface area contributed by atoms with E-state index in [0.717, 1.165) is 54.5 Å². The quantitative estimate of drug-likeness (QED) is 0.731. The Morgan fingerprint density at radius 2 is 1.93 bits per heavy atom. The molecular formula is C19H22N6OS. The Labute approximate surface area is 162 Å². The maximum Gasteiger partial charge on any atom is 0.252 e. The molecular weight excluding hydrogens is 360 g/mol. The van der Waals surface area contributed by atoms with Gasteiger partial charge in [-0.05, 0) is 30.0 Å². The van der Waals surface area contributed by atoms with Crippen LogP contribution >= 0.6 is 11.3 Å². The predicted molar refractivity (Wildman–Crippen MR) is 109 cm³/mol. The van der Waals surface area contributed by atoms with Gasteiger partial charge in [0.2, 0.25) is 0 Å². The van der Waals surface area contributed by atoms with Crippen molar-refractivity contribution < 1.29 is 4.79 Å². The molecule has 140 valence electrons. The number of pyridine rings is 1. The van der Waals surface area contributed by atoms with E-state index >= 15 is 0 Å². The summed E-state index contributed by atoms with van der Waals surface area (Å²) in [4.78, 5) is 30.9. The van der Waals surface area contributed by atoms with Crippen molar-refractivity contribution >= 4 is 39.1 Å². The number of rotatable bonds is 5. The summed E-state index contributed by atoms with van der Waals surface area (Å²) in [6.07, 6.45) is 4.22. The number of nitrogens with one attached hydrogen (secondary N) is 1. The van der Waals surface area contributed by atoms with Gasteiger partial charge >= 0.3 is 0 Å². The second kappa shape index (κ2) is 7.87. The van der Waals surface area contributed by atoms with Gasteiger partial charge in [0, 0.05) is 38.9 Å². The minimum absolute atomic E-state index is 0.0655. The number of hydrogen-bond acceptors (Lipinski definition) is 7. The summed E-state index contributed by atoms with van der Waals surface area (Å²) in [7, 11) is 0. The molecule has 0 spiro atoms. The van der Waals surface area contributed by atoms with Crippen molar-refractivity contribution in [2.45, 2.75) is 13.3 Å². The first kappa shape index (κ1) is 17.7. The molecule has 4 heterocycles. The zero-order valence-electron chi connectivity index (χ0n) is 15.3. The third-order valence-electron chi connectivity index (χ3n) is 4.69. The number of anilines is 2. The van der Waals surface area contributed by atoms with Gasteiger partial charge in [-0.3, -0.25) is 4.79 Å². The number of piperazine rings is 1. The number of nitrogens with zero attached hydrogens (tertiary/aromatic N) is 5. The van der Waals surface area contributed by atoms with E-state index in [9.17, 15) is 4.79 Å². The average molecular weight is 382 g/mol. The summed E-state index contributed by atoms with van der Waals surface area (Å²) < 4.78 is 0. The highest BCUT2D eigenvalue weighted by molar-refractivity contribution is 7.16. The smallest absolute Gasteiger partial charge is 0.252 e. The molecule has 0 atom stereocenters. The van der Waals surface area contributed by atoms with Crippen LogP contribution in [0.4, 0.5) is 11.6 Å². The lowest BCUT2D eigenvalue weighted by Gasteiger charge is -2.36. The lowest BCUT2D eigenvalue weighted by molar-refractivity contribution is 0.0953. The van der Waals surface area contributed by atoms with E-state index in [1.807, 2.05) is 19.1 Å². The summed E-state index contributed by atoms with van der Waals surface area (Å²) in [5.41, 5.74) is 0.603. The topological polar surface area (TPSA) is 74.2 Å². The second-order valence-corrected chi connectivity index (χ2v) is 7.37. The van der Waals surface area contributed by atoms with Gasteiger partial charge in [-0.2, -0.15) is 0 Å². The third-order valence-corrected chi connectivity index (χ3v) is 5.51. The molecule has 1 saturated heterocycles.